The Morgan fingerprint density at radius 1 is 1.18 bits per heavy atom. The van der Waals surface area contributed by atoms with Gasteiger partial charge in [-0.05, 0) is 67.4 Å². The van der Waals surface area contributed by atoms with Crippen molar-refractivity contribution in [3.63, 3.8) is 0 Å². The van der Waals surface area contributed by atoms with Crippen LogP contribution in [0, 0.1) is 28.6 Å². The maximum absolute atomic E-state index is 11.7. The van der Waals surface area contributed by atoms with Gasteiger partial charge in [0.05, 0.1) is 12.2 Å². The molecule has 4 rings (SSSR count). The van der Waals surface area contributed by atoms with Gasteiger partial charge in [0.25, 0.3) is 0 Å². The van der Waals surface area contributed by atoms with Crippen molar-refractivity contribution in [3.8, 4) is 0 Å². The standard InChI is InChI=1S/C19H26O3/c1-18-7-5-12(20)9-11(18)3-4-13-14(18)6-8-19(2)15(13)10-16(21)17(19)22/h5,7,9,13-17,21-22H,3-4,6,8,10H2,1-2H3/t13-,14+,15+,16-,17-,18+,19+/m1/s1. The average Bonchev–Trinajstić information content (AvgIpc) is 2.72. The van der Waals surface area contributed by atoms with Crippen LogP contribution in [0.5, 0.6) is 0 Å². The molecule has 0 aromatic carbocycles. The second-order valence-corrected chi connectivity index (χ2v) is 8.40. The minimum atomic E-state index is -0.577. The second kappa shape index (κ2) is 4.55. The average molecular weight is 302 g/mol. The Bertz CT molecular complexity index is 577. The van der Waals surface area contributed by atoms with Gasteiger partial charge in [0.1, 0.15) is 0 Å². The van der Waals surface area contributed by atoms with Crippen molar-refractivity contribution >= 4 is 5.78 Å². The van der Waals surface area contributed by atoms with E-state index in [1.165, 1.54) is 5.57 Å². The van der Waals surface area contributed by atoms with Crippen LogP contribution < -0.4 is 0 Å². The largest absolute Gasteiger partial charge is 0.390 e. The van der Waals surface area contributed by atoms with Crippen LogP contribution in [0.25, 0.3) is 0 Å². The van der Waals surface area contributed by atoms with Crippen LogP contribution in [-0.2, 0) is 4.79 Å². The topological polar surface area (TPSA) is 57.5 Å². The van der Waals surface area contributed by atoms with Crippen molar-refractivity contribution in [2.24, 2.45) is 28.6 Å². The van der Waals surface area contributed by atoms with Gasteiger partial charge >= 0.3 is 0 Å². The lowest BCUT2D eigenvalue weighted by Crippen LogP contribution is -2.50. The lowest BCUT2D eigenvalue weighted by Gasteiger charge is -2.56. The second-order valence-electron chi connectivity index (χ2n) is 8.40. The molecule has 0 saturated heterocycles. The number of hydrogen-bond acceptors (Lipinski definition) is 3. The number of ketones is 1. The number of fused-ring (bicyclic) bond motifs is 5. The molecule has 0 bridgehead atoms. The zero-order chi connectivity index (χ0) is 15.7. The van der Waals surface area contributed by atoms with E-state index >= 15 is 0 Å². The van der Waals surface area contributed by atoms with Crippen LogP contribution in [0.2, 0.25) is 0 Å². The van der Waals surface area contributed by atoms with Gasteiger partial charge in [-0.2, -0.15) is 0 Å². The molecule has 3 fully saturated rings. The fourth-order valence-electron chi connectivity index (χ4n) is 6.19. The predicted octanol–water partition coefficient (Wildman–Crippen LogP) is 2.63. The molecule has 3 saturated carbocycles. The molecule has 22 heavy (non-hydrogen) atoms. The first kappa shape index (κ1) is 14.6. The maximum atomic E-state index is 11.7. The molecule has 0 aromatic rings. The van der Waals surface area contributed by atoms with Gasteiger partial charge in [0.15, 0.2) is 5.78 Å². The van der Waals surface area contributed by atoms with Gasteiger partial charge in [-0.25, -0.2) is 0 Å². The molecule has 4 aliphatic rings. The highest BCUT2D eigenvalue weighted by molar-refractivity contribution is 6.01. The van der Waals surface area contributed by atoms with E-state index in [4.69, 9.17) is 0 Å². The first-order valence-corrected chi connectivity index (χ1v) is 8.66. The summed E-state index contributed by atoms with van der Waals surface area (Å²) in [7, 11) is 0. The molecule has 2 N–H and O–H groups in total. The quantitative estimate of drug-likeness (QED) is 0.723. The number of rotatable bonds is 0. The van der Waals surface area contributed by atoms with Gasteiger partial charge in [-0.15, -0.1) is 0 Å². The fraction of sp³-hybridized carbons (Fsp3) is 0.737. The summed E-state index contributed by atoms with van der Waals surface area (Å²) in [4.78, 5) is 11.7. The third-order valence-corrected chi connectivity index (χ3v) is 7.53. The Kier molecular flexibility index (Phi) is 3.03. The highest BCUT2D eigenvalue weighted by Crippen LogP contribution is 2.64. The minimum absolute atomic E-state index is 0.00332. The zero-order valence-corrected chi connectivity index (χ0v) is 13.5. The Balaban J connectivity index is 1.71. The molecule has 0 unspecified atom stereocenters. The Labute approximate surface area is 132 Å². The summed E-state index contributed by atoms with van der Waals surface area (Å²) in [6.45, 7) is 4.45. The Morgan fingerprint density at radius 2 is 1.95 bits per heavy atom. The molecule has 0 aliphatic heterocycles. The number of carbonyl (C=O) groups is 1. The van der Waals surface area contributed by atoms with Gasteiger partial charge in [-0.3, -0.25) is 4.79 Å². The van der Waals surface area contributed by atoms with E-state index in [2.05, 4.69) is 19.9 Å². The summed E-state index contributed by atoms with van der Waals surface area (Å²) in [6.07, 6.45) is 9.42. The number of aliphatic hydroxyl groups is 2. The van der Waals surface area contributed by atoms with E-state index in [1.807, 2.05) is 6.08 Å². The van der Waals surface area contributed by atoms with Gasteiger partial charge in [0.2, 0.25) is 0 Å². The lowest BCUT2D eigenvalue weighted by molar-refractivity contribution is -0.111. The number of aliphatic hydroxyl groups excluding tert-OH is 2. The van der Waals surface area contributed by atoms with Gasteiger partial charge in [0, 0.05) is 5.41 Å². The Hall–Kier alpha value is -0.930. The molecule has 120 valence electrons. The SMILES string of the molecule is C[C@]12CC[C@H]3[C@@H](CCC4=CC(=O)C=C[C@@]43C)[C@@H]1C[C@@H](O)[C@H]2O. The molecule has 0 heterocycles. The van der Waals surface area contributed by atoms with Crippen molar-refractivity contribution in [1.29, 1.82) is 0 Å². The Morgan fingerprint density at radius 3 is 2.73 bits per heavy atom. The fourth-order valence-corrected chi connectivity index (χ4v) is 6.19. The van der Waals surface area contributed by atoms with Crippen LogP contribution in [-0.4, -0.2) is 28.2 Å². The summed E-state index contributed by atoms with van der Waals surface area (Å²) in [5, 5.41) is 20.6. The van der Waals surface area contributed by atoms with E-state index in [9.17, 15) is 15.0 Å². The van der Waals surface area contributed by atoms with E-state index in [0.717, 1.165) is 32.1 Å². The summed E-state index contributed by atoms with van der Waals surface area (Å²) in [5.41, 5.74) is 1.16. The predicted molar refractivity (Wildman–Crippen MR) is 84.0 cm³/mol. The number of hydrogen-bond donors (Lipinski definition) is 2. The summed E-state index contributed by atoms with van der Waals surface area (Å²) in [6, 6.07) is 0. The molecule has 0 radical (unpaired) electrons. The van der Waals surface area contributed by atoms with Crippen molar-refractivity contribution in [3.05, 3.63) is 23.8 Å². The number of carbonyl (C=O) groups excluding carboxylic acids is 1. The third kappa shape index (κ3) is 1.73. The smallest absolute Gasteiger partial charge is 0.178 e. The first-order chi connectivity index (χ1) is 10.4. The molecule has 3 nitrogen and oxygen atoms in total. The minimum Gasteiger partial charge on any atom is -0.390 e. The number of allylic oxidation sites excluding steroid dienone is 4. The summed E-state index contributed by atoms with van der Waals surface area (Å²) in [5.74, 6) is 1.61. The van der Waals surface area contributed by atoms with Crippen LogP contribution in [0.3, 0.4) is 0 Å². The maximum Gasteiger partial charge on any atom is 0.178 e. The van der Waals surface area contributed by atoms with Crippen molar-refractivity contribution in [1.82, 2.24) is 0 Å². The molecular formula is C19H26O3. The van der Waals surface area contributed by atoms with Gasteiger partial charge in [-0.1, -0.05) is 25.5 Å². The van der Waals surface area contributed by atoms with Gasteiger partial charge < -0.3 is 10.2 Å². The van der Waals surface area contributed by atoms with E-state index in [1.54, 1.807) is 6.08 Å². The van der Waals surface area contributed by atoms with Crippen LogP contribution >= 0.6 is 0 Å². The first-order valence-electron chi connectivity index (χ1n) is 8.66. The molecular weight excluding hydrogens is 276 g/mol. The molecule has 4 aliphatic carbocycles. The van der Waals surface area contributed by atoms with Crippen LogP contribution in [0.1, 0.15) is 46.0 Å². The molecule has 3 heteroatoms. The zero-order valence-electron chi connectivity index (χ0n) is 13.5. The molecule has 0 spiro atoms. The van der Waals surface area contributed by atoms with E-state index < -0.39 is 12.2 Å². The van der Waals surface area contributed by atoms with Crippen molar-refractivity contribution < 1.29 is 15.0 Å². The molecule has 7 atom stereocenters. The summed E-state index contributed by atoms with van der Waals surface area (Å²) >= 11 is 0. The summed E-state index contributed by atoms with van der Waals surface area (Å²) < 4.78 is 0. The highest BCUT2D eigenvalue weighted by Gasteiger charge is 2.60. The molecule has 0 amide bonds. The normalized spacial score (nSPS) is 53.5. The highest BCUT2D eigenvalue weighted by atomic mass is 16.3. The van der Waals surface area contributed by atoms with Crippen LogP contribution in [0.4, 0.5) is 0 Å². The third-order valence-electron chi connectivity index (χ3n) is 7.53. The van der Waals surface area contributed by atoms with Crippen LogP contribution in [0.15, 0.2) is 23.8 Å². The van der Waals surface area contributed by atoms with Crippen molar-refractivity contribution in [2.45, 2.75) is 58.2 Å². The monoisotopic (exact) mass is 302 g/mol. The van der Waals surface area contributed by atoms with E-state index in [0.29, 0.717) is 17.8 Å². The molecule has 0 aromatic heterocycles. The lowest BCUT2D eigenvalue weighted by atomic mass is 9.48. The van der Waals surface area contributed by atoms with Crippen molar-refractivity contribution in [2.75, 3.05) is 0 Å². The van der Waals surface area contributed by atoms with E-state index in [-0.39, 0.29) is 16.6 Å².